The highest BCUT2D eigenvalue weighted by molar-refractivity contribution is 5.21. The molecule has 0 aromatic carbocycles. The van der Waals surface area contributed by atoms with Crippen LogP contribution in [-0.2, 0) is 13.1 Å². The average Bonchev–Trinajstić information content (AvgIpc) is 3.23. The van der Waals surface area contributed by atoms with E-state index in [2.05, 4.69) is 20.1 Å². The fraction of sp³-hybridized carbons (Fsp3) is 0.389. The van der Waals surface area contributed by atoms with Gasteiger partial charge in [-0.2, -0.15) is 5.10 Å². The zero-order valence-electron chi connectivity index (χ0n) is 14.7. The molecule has 0 saturated carbocycles. The second kappa shape index (κ2) is 6.87. The Bertz CT molecular complexity index is 887. The minimum absolute atomic E-state index is 0.0176. The van der Waals surface area contributed by atoms with Gasteiger partial charge >= 0.3 is 0 Å². The number of fused-ring (bicyclic) bond motifs is 1. The number of aryl methyl sites for hydroxylation is 2. The van der Waals surface area contributed by atoms with Gasteiger partial charge in [0.05, 0.1) is 17.4 Å². The second-order valence-electron chi connectivity index (χ2n) is 6.49. The lowest BCUT2D eigenvalue weighted by atomic mass is 10.1. The van der Waals surface area contributed by atoms with Gasteiger partial charge in [0.1, 0.15) is 12.4 Å². The summed E-state index contributed by atoms with van der Waals surface area (Å²) in [4.78, 5) is 6.25. The van der Waals surface area contributed by atoms with Gasteiger partial charge in [-0.3, -0.25) is 9.58 Å². The monoisotopic (exact) mass is 357 g/mol. The van der Waals surface area contributed by atoms with E-state index in [1.165, 1.54) is 12.3 Å². The summed E-state index contributed by atoms with van der Waals surface area (Å²) in [6.45, 7) is 6.41. The molecule has 3 aromatic heterocycles. The number of ether oxygens (including phenoxy) is 1. The Hall–Kier alpha value is -2.74. The molecule has 4 heterocycles. The third-order valence-corrected chi connectivity index (χ3v) is 4.65. The van der Waals surface area contributed by atoms with Crippen molar-refractivity contribution in [2.45, 2.75) is 33.0 Å². The van der Waals surface area contributed by atoms with Gasteiger partial charge in [-0.25, -0.2) is 9.37 Å². The van der Waals surface area contributed by atoms with Crippen molar-refractivity contribution in [1.29, 1.82) is 0 Å². The van der Waals surface area contributed by atoms with Gasteiger partial charge in [-0.05, 0) is 32.0 Å². The highest BCUT2D eigenvalue weighted by Gasteiger charge is 2.27. The van der Waals surface area contributed by atoms with E-state index >= 15 is 0 Å². The minimum Gasteiger partial charge on any atom is -0.473 e. The molecule has 0 saturated heterocycles. The number of hydrogen-bond acceptors (Lipinski definition) is 6. The number of rotatable bonds is 5. The topological polar surface area (TPSA) is 69.2 Å². The molecule has 0 spiro atoms. The van der Waals surface area contributed by atoms with Crippen molar-refractivity contribution < 1.29 is 13.7 Å². The lowest BCUT2D eigenvalue weighted by Gasteiger charge is -2.33. The van der Waals surface area contributed by atoms with Crippen LogP contribution in [0.25, 0.3) is 0 Å². The summed E-state index contributed by atoms with van der Waals surface area (Å²) in [5, 5.41) is 8.43. The Balaban J connectivity index is 1.50. The third-order valence-electron chi connectivity index (χ3n) is 4.65. The van der Waals surface area contributed by atoms with Crippen molar-refractivity contribution in [3.05, 3.63) is 59.1 Å². The van der Waals surface area contributed by atoms with E-state index in [9.17, 15) is 4.39 Å². The molecule has 0 amide bonds. The van der Waals surface area contributed by atoms with Crippen molar-refractivity contribution in [2.75, 3.05) is 13.2 Å². The van der Waals surface area contributed by atoms with Gasteiger partial charge in [0.15, 0.2) is 5.82 Å². The first kappa shape index (κ1) is 16.7. The fourth-order valence-electron chi connectivity index (χ4n) is 3.31. The zero-order valence-corrected chi connectivity index (χ0v) is 14.7. The normalized spacial score (nSPS) is 17.3. The van der Waals surface area contributed by atoms with Crippen LogP contribution < -0.4 is 4.74 Å². The van der Waals surface area contributed by atoms with Gasteiger partial charge in [-0.1, -0.05) is 5.16 Å². The molecule has 1 atom stereocenters. The number of nitrogens with zero attached hydrogens (tertiary/aromatic N) is 5. The van der Waals surface area contributed by atoms with Crippen molar-refractivity contribution in [3.8, 4) is 5.88 Å². The summed E-state index contributed by atoms with van der Waals surface area (Å²) < 4.78 is 26.6. The summed E-state index contributed by atoms with van der Waals surface area (Å²) in [6.07, 6.45) is 3.30. The second-order valence-corrected chi connectivity index (χ2v) is 6.49. The number of halogens is 1. The molecule has 0 N–H and O–H groups in total. The van der Waals surface area contributed by atoms with Crippen LogP contribution in [-0.4, -0.2) is 38.0 Å². The summed E-state index contributed by atoms with van der Waals surface area (Å²) >= 11 is 0. The van der Waals surface area contributed by atoms with E-state index in [1.54, 1.807) is 12.3 Å². The molecule has 0 bridgehead atoms. The molecule has 0 aliphatic carbocycles. The van der Waals surface area contributed by atoms with Crippen molar-refractivity contribution in [1.82, 2.24) is 24.8 Å². The Morgan fingerprint density at radius 1 is 1.31 bits per heavy atom. The van der Waals surface area contributed by atoms with E-state index in [1.807, 2.05) is 24.6 Å². The Morgan fingerprint density at radius 3 is 2.96 bits per heavy atom. The quantitative estimate of drug-likeness (QED) is 0.699. The maximum Gasteiger partial charge on any atom is 0.250 e. The molecule has 3 aromatic rings. The van der Waals surface area contributed by atoms with E-state index in [0.717, 1.165) is 42.3 Å². The highest BCUT2D eigenvalue weighted by Crippen LogP contribution is 2.25. The van der Waals surface area contributed by atoms with Crippen molar-refractivity contribution in [2.24, 2.45) is 0 Å². The van der Waals surface area contributed by atoms with Crippen LogP contribution in [0.3, 0.4) is 0 Å². The van der Waals surface area contributed by atoms with Gasteiger partial charge in [0.25, 0.3) is 0 Å². The maximum atomic E-state index is 13.8. The summed E-state index contributed by atoms with van der Waals surface area (Å²) in [5.41, 5.74) is 3.11. The summed E-state index contributed by atoms with van der Waals surface area (Å²) in [7, 11) is 0. The lowest BCUT2D eigenvalue weighted by molar-refractivity contribution is 0.122. The smallest absolute Gasteiger partial charge is 0.250 e. The molecule has 7 nitrogen and oxygen atoms in total. The number of pyridine rings is 1. The van der Waals surface area contributed by atoms with Crippen LogP contribution in [0.5, 0.6) is 5.88 Å². The van der Waals surface area contributed by atoms with Crippen LogP contribution in [0, 0.1) is 19.7 Å². The van der Waals surface area contributed by atoms with Gasteiger partial charge in [0, 0.05) is 37.6 Å². The van der Waals surface area contributed by atoms with Crippen LogP contribution >= 0.6 is 0 Å². The van der Waals surface area contributed by atoms with Crippen LogP contribution in [0.1, 0.15) is 28.8 Å². The lowest BCUT2D eigenvalue weighted by Crippen LogP contribution is -2.39. The largest absolute Gasteiger partial charge is 0.473 e. The Kier molecular flexibility index (Phi) is 4.42. The molecule has 1 aliphatic rings. The first-order valence-corrected chi connectivity index (χ1v) is 8.51. The maximum absolute atomic E-state index is 13.8. The average molecular weight is 357 g/mol. The summed E-state index contributed by atoms with van der Waals surface area (Å²) in [5.74, 6) is 0.394. The first-order chi connectivity index (χ1) is 12.6. The fourth-order valence-corrected chi connectivity index (χ4v) is 3.31. The molecule has 0 radical (unpaired) electrons. The molecule has 0 fully saturated rings. The Morgan fingerprint density at radius 2 is 2.19 bits per heavy atom. The molecule has 4 rings (SSSR count). The molecule has 136 valence electrons. The number of hydrogen-bond donors (Lipinski definition) is 0. The number of aromatic nitrogens is 4. The molecular formula is C18H20FN5O2. The van der Waals surface area contributed by atoms with Crippen LogP contribution in [0.2, 0.25) is 0 Å². The van der Waals surface area contributed by atoms with Gasteiger partial charge < -0.3 is 9.26 Å². The predicted octanol–water partition coefficient (Wildman–Crippen LogP) is 2.66. The SMILES string of the molecule is Cc1noc(C)c1CN1Cc2ccnn2[C@@H](COc2ncccc2F)C1. The molecule has 0 unspecified atom stereocenters. The third kappa shape index (κ3) is 3.20. The molecule has 1 aliphatic heterocycles. The van der Waals surface area contributed by atoms with Gasteiger partial charge in [0.2, 0.25) is 5.88 Å². The minimum atomic E-state index is -0.462. The van der Waals surface area contributed by atoms with Crippen LogP contribution in [0.15, 0.2) is 35.1 Å². The first-order valence-electron chi connectivity index (χ1n) is 8.51. The van der Waals surface area contributed by atoms with Crippen LogP contribution in [0.4, 0.5) is 4.39 Å². The van der Waals surface area contributed by atoms with E-state index < -0.39 is 5.82 Å². The van der Waals surface area contributed by atoms with E-state index in [4.69, 9.17) is 9.26 Å². The Labute approximate surface area is 150 Å². The molecule has 26 heavy (non-hydrogen) atoms. The van der Waals surface area contributed by atoms with E-state index in [-0.39, 0.29) is 11.9 Å². The highest BCUT2D eigenvalue weighted by atomic mass is 19.1. The van der Waals surface area contributed by atoms with Crippen molar-refractivity contribution in [3.63, 3.8) is 0 Å². The van der Waals surface area contributed by atoms with Gasteiger partial charge in [-0.15, -0.1) is 0 Å². The molecular weight excluding hydrogens is 337 g/mol. The van der Waals surface area contributed by atoms with Crippen molar-refractivity contribution >= 4 is 0 Å². The predicted molar refractivity (Wildman–Crippen MR) is 91.0 cm³/mol. The summed E-state index contributed by atoms with van der Waals surface area (Å²) in [6, 6.07) is 4.84. The zero-order chi connectivity index (χ0) is 18.1. The van der Waals surface area contributed by atoms with E-state index in [0.29, 0.717) is 6.61 Å². The molecule has 8 heteroatoms. The standard InChI is InChI=1S/C18H20FN5O2/c1-12-16(13(2)26-22-12)10-23-8-14-5-7-21-24(14)15(9-23)11-25-18-17(19)4-3-6-20-18/h3-7,15H,8-11H2,1-2H3/t15-/m1/s1.